The van der Waals surface area contributed by atoms with E-state index in [0.29, 0.717) is 16.8 Å². The second kappa shape index (κ2) is 14.6. The lowest BCUT2D eigenvalue weighted by molar-refractivity contribution is -0.142. The Morgan fingerprint density at radius 2 is 1.43 bits per heavy atom. The second-order valence-electron chi connectivity index (χ2n) is 10.3. The first-order chi connectivity index (χ1) is 21.1. The molecule has 44 heavy (non-hydrogen) atoms. The van der Waals surface area contributed by atoms with E-state index in [1.54, 1.807) is 36.5 Å². The Balaban J connectivity index is 1.60. The molecule has 4 atom stereocenters. The minimum Gasteiger partial charge on any atom is -0.480 e. The molecule has 2 aromatic carbocycles. The number of para-hydroxylation sites is 1. The van der Waals surface area contributed by atoms with Crippen LogP contribution in [-0.4, -0.2) is 73.8 Å². The van der Waals surface area contributed by atoms with Crippen molar-refractivity contribution in [2.45, 2.75) is 49.9 Å². The molecule has 14 nitrogen and oxygen atoms in total. The molecule has 4 rings (SSSR count). The van der Waals surface area contributed by atoms with Crippen LogP contribution in [0.4, 0.5) is 0 Å². The summed E-state index contributed by atoms with van der Waals surface area (Å²) in [6.45, 7) is 0. The number of carbonyl (C=O) groups excluding carboxylic acids is 4. The van der Waals surface area contributed by atoms with Gasteiger partial charge in [0.2, 0.25) is 23.6 Å². The largest absolute Gasteiger partial charge is 0.480 e. The van der Waals surface area contributed by atoms with Crippen LogP contribution in [0.5, 0.6) is 0 Å². The van der Waals surface area contributed by atoms with E-state index in [1.165, 1.54) is 12.5 Å². The molecule has 0 saturated carbocycles. The van der Waals surface area contributed by atoms with E-state index in [1.807, 2.05) is 24.3 Å². The van der Waals surface area contributed by atoms with Gasteiger partial charge in [0.15, 0.2) is 0 Å². The first-order valence-electron chi connectivity index (χ1n) is 13.8. The van der Waals surface area contributed by atoms with E-state index in [0.717, 1.165) is 10.9 Å². The number of amides is 4. The molecule has 230 valence electrons. The van der Waals surface area contributed by atoms with Gasteiger partial charge in [-0.1, -0.05) is 48.5 Å². The van der Waals surface area contributed by atoms with E-state index in [4.69, 9.17) is 11.5 Å². The average molecular weight is 603 g/mol. The van der Waals surface area contributed by atoms with E-state index in [-0.39, 0.29) is 19.3 Å². The number of primary amides is 1. The van der Waals surface area contributed by atoms with Gasteiger partial charge < -0.3 is 42.5 Å². The summed E-state index contributed by atoms with van der Waals surface area (Å²) in [7, 11) is 0. The molecule has 0 bridgehead atoms. The molecule has 10 N–H and O–H groups in total. The van der Waals surface area contributed by atoms with Crippen LogP contribution in [0.25, 0.3) is 10.9 Å². The van der Waals surface area contributed by atoms with Crippen molar-refractivity contribution in [3.8, 4) is 0 Å². The lowest BCUT2D eigenvalue weighted by Gasteiger charge is -2.25. The molecule has 0 spiro atoms. The fraction of sp³-hybridized carbons (Fsp3) is 0.267. The standard InChI is InChI=1S/C30H34N8O6/c31-21(13-26(32)39)27(40)36-23(10-17-6-2-1-3-7-17)28(41)37-24(11-18-14-34-22-9-5-4-8-20(18)22)29(42)38-25(30(43)44)12-19-15-33-16-35-19/h1-9,14-16,21,23-25,34H,10-13,31H2,(H2,32,39)(H,33,35)(H,36,40)(H,37,41)(H,38,42)(H,43,44). The highest BCUT2D eigenvalue weighted by Gasteiger charge is 2.31. The van der Waals surface area contributed by atoms with Crippen molar-refractivity contribution in [2.24, 2.45) is 11.5 Å². The van der Waals surface area contributed by atoms with Crippen LogP contribution in [0.3, 0.4) is 0 Å². The molecule has 2 heterocycles. The number of benzene rings is 2. The Morgan fingerprint density at radius 1 is 0.795 bits per heavy atom. The molecule has 4 aromatic rings. The van der Waals surface area contributed by atoms with E-state index in [9.17, 15) is 29.1 Å². The quantitative estimate of drug-likeness (QED) is 0.0893. The normalized spacial score (nSPS) is 13.8. The van der Waals surface area contributed by atoms with E-state index in [2.05, 4.69) is 30.9 Å². The lowest BCUT2D eigenvalue weighted by Crippen LogP contribution is -2.58. The molecule has 4 amide bonds. The Bertz CT molecular complexity index is 1600. The molecular weight excluding hydrogens is 568 g/mol. The average Bonchev–Trinajstić information content (AvgIpc) is 3.66. The fourth-order valence-electron chi connectivity index (χ4n) is 4.74. The molecule has 0 aliphatic carbocycles. The smallest absolute Gasteiger partial charge is 0.326 e. The Labute approximate surface area is 252 Å². The Morgan fingerprint density at radius 3 is 2.09 bits per heavy atom. The van der Waals surface area contributed by atoms with Crippen LogP contribution in [0.1, 0.15) is 23.2 Å². The summed E-state index contributed by atoms with van der Waals surface area (Å²) < 4.78 is 0. The van der Waals surface area contributed by atoms with Gasteiger partial charge in [-0.2, -0.15) is 0 Å². The number of aromatic nitrogens is 3. The molecule has 14 heteroatoms. The molecule has 0 aliphatic heterocycles. The number of carboxylic acid groups (broad SMARTS) is 1. The van der Waals surface area contributed by atoms with Gasteiger partial charge in [-0.25, -0.2) is 9.78 Å². The van der Waals surface area contributed by atoms with Crippen LogP contribution in [0.2, 0.25) is 0 Å². The summed E-state index contributed by atoms with van der Waals surface area (Å²) in [4.78, 5) is 73.3. The van der Waals surface area contributed by atoms with Gasteiger partial charge in [0, 0.05) is 48.3 Å². The minimum absolute atomic E-state index is 0.00513. The van der Waals surface area contributed by atoms with Crippen LogP contribution < -0.4 is 27.4 Å². The summed E-state index contributed by atoms with van der Waals surface area (Å²) >= 11 is 0. The van der Waals surface area contributed by atoms with Crippen molar-refractivity contribution in [3.05, 3.63) is 90.1 Å². The maximum absolute atomic E-state index is 13.7. The molecular formula is C30H34N8O6. The summed E-state index contributed by atoms with van der Waals surface area (Å²) in [5.41, 5.74) is 13.7. The predicted molar refractivity (Wildman–Crippen MR) is 160 cm³/mol. The topological polar surface area (TPSA) is 238 Å². The highest BCUT2D eigenvalue weighted by Crippen LogP contribution is 2.19. The van der Waals surface area contributed by atoms with Crippen molar-refractivity contribution in [2.75, 3.05) is 0 Å². The number of nitrogens with two attached hydrogens (primary N) is 2. The third-order valence-corrected chi connectivity index (χ3v) is 7.00. The zero-order valence-corrected chi connectivity index (χ0v) is 23.7. The zero-order chi connectivity index (χ0) is 31.6. The first-order valence-corrected chi connectivity index (χ1v) is 13.8. The second-order valence-corrected chi connectivity index (χ2v) is 10.3. The Hall–Kier alpha value is -5.50. The maximum atomic E-state index is 13.7. The van der Waals surface area contributed by atoms with Gasteiger partial charge in [0.25, 0.3) is 0 Å². The van der Waals surface area contributed by atoms with Gasteiger partial charge in [-0.15, -0.1) is 0 Å². The molecule has 0 radical (unpaired) electrons. The molecule has 4 unspecified atom stereocenters. The van der Waals surface area contributed by atoms with Crippen molar-refractivity contribution >= 4 is 40.5 Å². The number of carboxylic acids is 1. The van der Waals surface area contributed by atoms with Crippen LogP contribution >= 0.6 is 0 Å². The van der Waals surface area contributed by atoms with Crippen LogP contribution in [0.15, 0.2) is 73.3 Å². The number of aromatic amines is 2. The molecule has 0 fully saturated rings. The number of imidazole rings is 1. The van der Waals surface area contributed by atoms with Crippen molar-refractivity contribution in [3.63, 3.8) is 0 Å². The van der Waals surface area contributed by atoms with Gasteiger partial charge in [-0.3, -0.25) is 19.2 Å². The fourth-order valence-corrected chi connectivity index (χ4v) is 4.74. The summed E-state index contributed by atoms with van der Waals surface area (Å²) in [5.74, 6) is -4.29. The number of nitrogens with zero attached hydrogens (tertiary/aromatic N) is 1. The van der Waals surface area contributed by atoms with Crippen LogP contribution in [-0.2, 0) is 43.2 Å². The highest BCUT2D eigenvalue weighted by molar-refractivity contribution is 5.95. The van der Waals surface area contributed by atoms with Crippen molar-refractivity contribution in [1.29, 1.82) is 0 Å². The van der Waals surface area contributed by atoms with Gasteiger partial charge >= 0.3 is 5.97 Å². The van der Waals surface area contributed by atoms with Gasteiger partial charge in [-0.05, 0) is 17.2 Å². The first kappa shape index (κ1) is 31.4. The van der Waals surface area contributed by atoms with Gasteiger partial charge in [0.1, 0.15) is 18.1 Å². The zero-order valence-electron chi connectivity index (χ0n) is 23.7. The minimum atomic E-state index is -1.32. The molecule has 2 aromatic heterocycles. The van der Waals surface area contributed by atoms with Crippen LogP contribution in [0, 0.1) is 0 Å². The molecule has 0 saturated heterocycles. The Kier molecular flexibility index (Phi) is 10.4. The molecule has 0 aliphatic rings. The number of hydrogen-bond donors (Lipinski definition) is 8. The van der Waals surface area contributed by atoms with E-state index >= 15 is 0 Å². The van der Waals surface area contributed by atoms with Crippen molar-refractivity contribution < 1.29 is 29.1 Å². The SMILES string of the molecule is NC(=O)CC(N)C(=O)NC(Cc1ccccc1)C(=O)NC(Cc1c[nH]c2ccccc12)C(=O)NC(Cc1cnc[nH]1)C(=O)O. The number of fused-ring (bicyclic) bond motifs is 1. The van der Waals surface area contributed by atoms with E-state index < -0.39 is 60.2 Å². The highest BCUT2D eigenvalue weighted by atomic mass is 16.4. The third-order valence-electron chi connectivity index (χ3n) is 7.00. The third kappa shape index (κ3) is 8.51. The summed E-state index contributed by atoms with van der Waals surface area (Å²) in [6, 6.07) is 11.2. The summed E-state index contributed by atoms with van der Waals surface area (Å²) in [5, 5.41) is 18.4. The predicted octanol–water partition coefficient (Wildman–Crippen LogP) is -0.339. The van der Waals surface area contributed by atoms with Gasteiger partial charge in [0.05, 0.1) is 18.8 Å². The maximum Gasteiger partial charge on any atom is 0.326 e. The number of rotatable bonds is 15. The number of H-pyrrole nitrogens is 2. The number of nitrogens with one attached hydrogen (secondary N) is 5. The number of hydrogen-bond acceptors (Lipinski definition) is 7. The van der Waals surface area contributed by atoms with Crippen molar-refractivity contribution in [1.82, 2.24) is 30.9 Å². The summed E-state index contributed by atoms with van der Waals surface area (Å²) in [6.07, 6.45) is 4.11. The number of carbonyl (C=O) groups is 5. The lowest BCUT2D eigenvalue weighted by atomic mass is 10.0. The monoisotopic (exact) mass is 602 g/mol. The number of aliphatic carboxylic acids is 1.